The molecule has 0 aromatic heterocycles. The summed E-state index contributed by atoms with van der Waals surface area (Å²) in [6.45, 7) is 18.8. The molecule has 1 fully saturated rings. The van der Waals surface area contributed by atoms with Crippen molar-refractivity contribution < 1.29 is 9.22 Å². The predicted octanol–water partition coefficient (Wildman–Crippen LogP) is 7.31. The van der Waals surface area contributed by atoms with Crippen LogP contribution in [0.25, 0.3) is 0 Å². The van der Waals surface area contributed by atoms with Crippen molar-refractivity contribution in [3.8, 4) is 0 Å². The molecule has 0 spiro atoms. The minimum Gasteiger partial charge on any atom is -0.549 e. The van der Waals surface area contributed by atoms with E-state index in [0.717, 1.165) is 31.7 Å². The second kappa shape index (κ2) is 12.0. The van der Waals surface area contributed by atoms with Crippen LogP contribution in [0.2, 0.25) is 18.1 Å². The highest BCUT2D eigenvalue weighted by Crippen LogP contribution is 2.37. The second-order valence-corrected chi connectivity index (χ2v) is 15.1. The number of allylic oxidation sites excluding steroid dienone is 1. The Morgan fingerprint density at radius 3 is 2.38 bits per heavy atom. The van der Waals surface area contributed by atoms with Crippen molar-refractivity contribution in [1.29, 1.82) is 0 Å². The molecule has 3 nitrogen and oxygen atoms in total. The molecule has 1 rings (SSSR count). The van der Waals surface area contributed by atoms with Crippen LogP contribution in [0.4, 0.5) is 0 Å². The van der Waals surface area contributed by atoms with E-state index in [1.807, 2.05) is 12.3 Å². The molecule has 0 aliphatic carbocycles. The molecule has 1 saturated heterocycles. The summed E-state index contributed by atoms with van der Waals surface area (Å²) in [6.07, 6.45) is 16.0. The Hall–Kier alpha value is -1.03. The fourth-order valence-corrected chi connectivity index (χ4v) is 4.56. The summed E-state index contributed by atoms with van der Waals surface area (Å²) in [6, 6.07) is 0.104. The molecule has 4 heteroatoms. The maximum absolute atomic E-state index is 13.0. The highest BCUT2D eigenvalue weighted by molar-refractivity contribution is 6.74. The number of hydrogen-bond acceptors (Lipinski definition) is 2. The van der Waals surface area contributed by atoms with Crippen molar-refractivity contribution in [2.45, 2.75) is 111 Å². The van der Waals surface area contributed by atoms with Crippen LogP contribution in [0.3, 0.4) is 0 Å². The molecule has 1 heterocycles. The highest BCUT2D eigenvalue weighted by atomic mass is 28.4. The fourth-order valence-electron chi connectivity index (χ4n) is 3.79. The van der Waals surface area contributed by atoms with Crippen molar-refractivity contribution in [3.05, 3.63) is 24.5 Å². The summed E-state index contributed by atoms with van der Waals surface area (Å²) in [5.74, 6) is 1.39. The summed E-state index contributed by atoms with van der Waals surface area (Å²) in [5.41, 5.74) is 0. The van der Waals surface area contributed by atoms with Gasteiger partial charge < -0.3 is 9.33 Å². The lowest BCUT2D eigenvalue weighted by Crippen LogP contribution is -2.43. The van der Waals surface area contributed by atoms with Crippen LogP contribution < -0.4 is 0 Å². The molecule has 1 aliphatic rings. The van der Waals surface area contributed by atoms with E-state index in [4.69, 9.17) is 4.43 Å². The number of amides is 1. The van der Waals surface area contributed by atoms with Gasteiger partial charge in [-0.1, -0.05) is 66.9 Å². The molecule has 0 aromatic carbocycles. The fraction of sp³-hybridized carbons (Fsp3) is 0.800. The Bertz CT molecular complexity index is 548. The molecule has 0 bridgehead atoms. The van der Waals surface area contributed by atoms with Crippen LogP contribution in [0.5, 0.6) is 0 Å². The van der Waals surface area contributed by atoms with Crippen LogP contribution >= 0.6 is 0 Å². The number of carbonyl (C=O) groups is 1. The van der Waals surface area contributed by atoms with Gasteiger partial charge in [0.15, 0.2) is 0 Å². The predicted molar refractivity (Wildman–Crippen MR) is 128 cm³/mol. The van der Waals surface area contributed by atoms with Crippen molar-refractivity contribution in [1.82, 2.24) is 4.90 Å². The summed E-state index contributed by atoms with van der Waals surface area (Å²) in [5, 5.41) is 0.174. The third-order valence-corrected chi connectivity index (χ3v) is 11.4. The number of carbonyl (C=O) groups excluding carboxylic acids is 1. The molecule has 168 valence electrons. The first-order valence-electron chi connectivity index (χ1n) is 11.8. The quantitative estimate of drug-likeness (QED) is 0.255. The molecule has 29 heavy (non-hydrogen) atoms. The second-order valence-electron chi connectivity index (χ2n) is 10.4. The average molecular weight is 422 g/mol. The van der Waals surface area contributed by atoms with E-state index in [9.17, 15) is 4.79 Å². The molecule has 3 atom stereocenters. The molecule has 0 aromatic rings. The zero-order chi connectivity index (χ0) is 22.1. The number of rotatable bonds is 6. The maximum atomic E-state index is 13.0. The average Bonchev–Trinajstić information content (AvgIpc) is 2.64. The smallest absolute Gasteiger partial charge is 0.249 e. The Morgan fingerprint density at radius 1 is 1.14 bits per heavy atom. The summed E-state index contributed by atoms with van der Waals surface area (Å²) in [4.78, 5) is 15.1. The van der Waals surface area contributed by atoms with Crippen LogP contribution in [-0.2, 0) is 9.22 Å². The van der Waals surface area contributed by atoms with E-state index >= 15 is 0 Å². The first kappa shape index (κ1) is 26.0. The minimum absolute atomic E-state index is 0.104. The van der Waals surface area contributed by atoms with E-state index < -0.39 is 8.32 Å². The molecule has 0 unspecified atom stereocenters. The van der Waals surface area contributed by atoms with Gasteiger partial charge in [-0.3, -0.25) is 4.79 Å². The summed E-state index contributed by atoms with van der Waals surface area (Å²) >= 11 is 0. The first-order valence-corrected chi connectivity index (χ1v) is 14.8. The van der Waals surface area contributed by atoms with Gasteiger partial charge in [0.1, 0.15) is 0 Å². The molecule has 1 aliphatic heterocycles. The van der Waals surface area contributed by atoms with Gasteiger partial charge in [-0.05, 0) is 67.8 Å². The summed E-state index contributed by atoms with van der Waals surface area (Å²) in [7, 11) is -1.84. The Balaban J connectivity index is 3.07. The lowest BCUT2D eigenvalue weighted by molar-refractivity contribution is -0.128. The van der Waals surface area contributed by atoms with Gasteiger partial charge in [0, 0.05) is 6.54 Å². The largest absolute Gasteiger partial charge is 0.549 e. The number of hydrogen-bond donors (Lipinski definition) is 0. The third kappa shape index (κ3) is 8.31. The van der Waals surface area contributed by atoms with Crippen LogP contribution in [0.1, 0.15) is 86.5 Å². The Morgan fingerprint density at radius 2 is 1.79 bits per heavy atom. The SMILES string of the molecule is CC/C=C/C(=O)N1CCC[C@@H](CC)CCC[C@@H](C)[C@@H]1/C=C/O[Si](C)(C)C(C)(C)C. The van der Waals surface area contributed by atoms with Crippen molar-refractivity contribution in [3.63, 3.8) is 0 Å². The van der Waals surface area contributed by atoms with Gasteiger partial charge in [-0.2, -0.15) is 0 Å². The van der Waals surface area contributed by atoms with Gasteiger partial charge in [-0.15, -0.1) is 0 Å². The first-order chi connectivity index (χ1) is 13.5. The third-order valence-electron chi connectivity index (χ3n) is 7.03. The van der Waals surface area contributed by atoms with E-state index in [-0.39, 0.29) is 17.0 Å². The number of nitrogens with zero attached hydrogens (tertiary/aromatic N) is 1. The van der Waals surface area contributed by atoms with E-state index in [1.54, 1.807) is 6.08 Å². The van der Waals surface area contributed by atoms with Gasteiger partial charge in [0.05, 0.1) is 12.3 Å². The van der Waals surface area contributed by atoms with Gasteiger partial charge in [0.2, 0.25) is 14.2 Å². The molecule has 0 radical (unpaired) electrons. The van der Waals surface area contributed by atoms with E-state index in [1.165, 1.54) is 25.7 Å². The standard InChI is InChI=1S/C25H47NO2Si/c1-9-11-17-24(27)26-19-13-16-22(10-2)15-12-14-21(3)23(26)18-20-28-29(7,8)25(4,5)6/h11,17-18,20-23H,9-10,12-16,19H2,1-8H3/b17-11+,20-18+/t21-,22+,23+/m1/s1. The van der Waals surface area contributed by atoms with Crippen LogP contribution in [0.15, 0.2) is 24.5 Å². The lowest BCUT2D eigenvalue weighted by Gasteiger charge is -2.37. The molecule has 0 saturated carbocycles. The zero-order valence-corrected chi connectivity index (χ0v) is 21.5. The van der Waals surface area contributed by atoms with Crippen molar-refractivity contribution >= 4 is 14.2 Å². The topological polar surface area (TPSA) is 29.5 Å². The lowest BCUT2D eigenvalue weighted by atomic mass is 9.87. The monoisotopic (exact) mass is 421 g/mol. The Kier molecular flexibility index (Phi) is 10.7. The molecular weight excluding hydrogens is 374 g/mol. The molecule has 0 N–H and O–H groups in total. The van der Waals surface area contributed by atoms with E-state index in [0.29, 0.717) is 5.92 Å². The highest BCUT2D eigenvalue weighted by Gasteiger charge is 2.38. The van der Waals surface area contributed by atoms with Crippen molar-refractivity contribution in [2.24, 2.45) is 11.8 Å². The summed E-state index contributed by atoms with van der Waals surface area (Å²) < 4.78 is 6.32. The van der Waals surface area contributed by atoms with E-state index in [2.05, 4.69) is 65.6 Å². The normalized spacial score (nSPS) is 25.5. The Labute approximate surface area is 182 Å². The zero-order valence-electron chi connectivity index (χ0n) is 20.5. The van der Waals surface area contributed by atoms with Gasteiger partial charge >= 0.3 is 0 Å². The van der Waals surface area contributed by atoms with Crippen LogP contribution in [-0.4, -0.2) is 31.7 Å². The van der Waals surface area contributed by atoms with Crippen LogP contribution in [0, 0.1) is 11.8 Å². The molecular formula is C25H47NO2Si. The maximum Gasteiger partial charge on any atom is 0.249 e. The molecule has 1 amide bonds. The van der Waals surface area contributed by atoms with Crippen molar-refractivity contribution in [2.75, 3.05) is 6.54 Å². The minimum atomic E-state index is -1.84. The van der Waals surface area contributed by atoms with Gasteiger partial charge in [-0.25, -0.2) is 0 Å². The van der Waals surface area contributed by atoms with Gasteiger partial charge in [0.25, 0.3) is 0 Å².